The largest absolute Gasteiger partial charge is 0.354 e. The van der Waals surface area contributed by atoms with Crippen molar-refractivity contribution in [2.75, 3.05) is 6.54 Å². The standard InChI is InChI=1S/C34H36N4O3/c1-22(2)19-30-33(40)37-21-27-8-6-5-7-26(27)20-29(37)34(41)38(30)31(25-13-15-28(35-4)16-14-25)32(39)36-18-17-24-11-9-23(3)10-12-24/h5-16,22,29-31H,17-21H2,1-3H3,(H,36,39)/t29-,30-,31?/m0/s1. The first-order valence-corrected chi connectivity index (χ1v) is 14.3. The number of carbonyl (C=O) groups is 3. The summed E-state index contributed by atoms with van der Waals surface area (Å²) in [5, 5.41) is 3.05. The fourth-order valence-corrected chi connectivity index (χ4v) is 5.93. The molecule has 1 saturated heterocycles. The molecule has 2 aliphatic rings. The fraction of sp³-hybridized carbons (Fsp3) is 0.353. The zero-order chi connectivity index (χ0) is 29.1. The summed E-state index contributed by atoms with van der Waals surface area (Å²) in [5.41, 5.74) is 5.42. The molecule has 3 aromatic carbocycles. The van der Waals surface area contributed by atoms with Gasteiger partial charge in [0.05, 0.1) is 6.57 Å². The van der Waals surface area contributed by atoms with Gasteiger partial charge in [-0.2, -0.15) is 0 Å². The summed E-state index contributed by atoms with van der Waals surface area (Å²) >= 11 is 0. The van der Waals surface area contributed by atoms with Crippen molar-refractivity contribution in [3.8, 4) is 0 Å². The number of amides is 3. The van der Waals surface area contributed by atoms with Gasteiger partial charge in [-0.25, -0.2) is 4.85 Å². The Bertz CT molecular complexity index is 1470. The molecule has 210 valence electrons. The molecule has 5 rings (SSSR count). The van der Waals surface area contributed by atoms with Crippen LogP contribution in [0.25, 0.3) is 4.85 Å². The molecule has 1 fully saturated rings. The molecule has 41 heavy (non-hydrogen) atoms. The summed E-state index contributed by atoms with van der Waals surface area (Å²) in [5.74, 6) is -0.527. The number of carbonyl (C=O) groups excluding carboxylic acids is 3. The van der Waals surface area contributed by atoms with E-state index in [1.54, 1.807) is 34.1 Å². The molecule has 0 saturated carbocycles. The highest BCUT2D eigenvalue weighted by Gasteiger charge is 2.51. The van der Waals surface area contributed by atoms with Crippen molar-refractivity contribution in [2.45, 2.75) is 64.7 Å². The number of fused-ring (bicyclic) bond motifs is 2. The Kier molecular flexibility index (Phi) is 8.21. The molecule has 0 aromatic heterocycles. The molecule has 3 aromatic rings. The summed E-state index contributed by atoms with van der Waals surface area (Å²) in [6.45, 7) is 14.2. The summed E-state index contributed by atoms with van der Waals surface area (Å²) in [6.07, 6.45) is 1.51. The Morgan fingerprint density at radius 2 is 1.66 bits per heavy atom. The lowest BCUT2D eigenvalue weighted by Crippen LogP contribution is -2.67. The molecule has 0 bridgehead atoms. The van der Waals surface area contributed by atoms with Crippen LogP contribution in [0.5, 0.6) is 0 Å². The zero-order valence-corrected chi connectivity index (χ0v) is 23.8. The third-order valence-corrected chi connectivity index (χ3v) is 8.08. The predicted octanol–water partition coefficient (Wildman–Crippen LogP) is 5.16. The van der Waals surface area contributed by atoms with Crippen LogP contribution in [0.4, 0.5) is 5.69 Å². The highest BCUT2D eigenvalue weighted by Crippen LogP contribution is 2.36. The van der Waals surface area contributed by atoms with E-state index < -0.39 is 18.1 Å². The lowest BCUT2D eigenvalue weighted by atomic mass is 9.86. The number of piperazine rings is 1. The Labute approximate surface area is 242 Å². The van der Waals surface area contributed by atoms with Crippen LogP contribution in [-0.2, 0) is 33.8 Å². The van der Waals surface area contributed by atoms with Crippen molar-refractivity contribution in [1.82, 2.24) is 15.1 Å². The molecular weight excluding hydrogens is 512 g/mol. The third-order valence-electron chi connectivity index (χ3n) is 8.08. The van der Waals surface area contributed by atoms with Crippen LogP contribution in [0, 0.1) is 19.4 Å². The third kappa shape index (κ3) is 5.88. The van der Waals surface area contributed by atoms with Gasteiger partial charge in [-0.1, -0.05) is 92.2 Å². The maximum absolute atomic E-state index is 14.4. The van der Waals surface area contributed by atoms with Gasteiger partial charge in [0.2, 0.25) is 17.7 Å². The second-order valence-electron chi connectivity index (χ2n) is 11.5. The first kappa shape index (κ1) is 28.1. The maximum Gasteiger partial charge on any atom is 0.247 e. The van der Waals surface area contributed by atoms with Gasteiger partial charge in [0.1, 0.15) is 18.1 Å². The van der Waals surface area contributed by atoms with Gasteiger partial charge in [0.15, 0.2) is 5.69 Å². The Balaban J connectivity index is 1.50. The van der Waals surface area contributed by atoms with E-state index in [0.717, 1.165) is 16.7 Å². The van der Waals surface area contributed by atoms with E-state index in [4.69, 9.17) is 6.57 Å². The molecule has 3 amide bonds. The molecule has 0 spiro atoms. The molecule has 7 nitrogen and oxygen atoms in total. The minimum absolute atomic E-state index is 0.118. The van der Waals surface area contributed by atoms with Crippen molar-refractivity contribution in [3.63, 3.8) is 0 Å². The van der Waals surface area contributed by atoms with E-state index in [2.05, 4.69) is 10.2 Å². The first-order chi connectivity index (χ1) is 19.8. The van der Waals surface area contributed by atoms with Gasteiger partial charge >= 0.3 is 0 Å². The minimum atomic E-state index is -0.993. The Morgan fingerprint density at radius 1 is 0.976 bits per heavy atom. The average Bonchev–Trinajstić information content (AvgIpc) is 2.98. The van der Waals surface area contributed by atoms with Gasteiger partial charge in [0.25, 0.3) is 0 Å². The smallest absolute Gasteiger partial charge is 0.247 e. The molecule has 2 heterocycles. The zero-order valence-electron chi connectivity index (χ0n) is 23.8. The normalized spacial score (nSPS) is 18.9. The Morgan fingerprint density at radius 3 is 2.32 bits per heavy atom. The lowest BCUT2D eigenvalue weighted by Gasteiger charge is -2.49. The van der Waals surface area contributed by atoms with Crippen LogP contribution in [0.1, 0.15) is 54.1 Å². The highest BCUT2D eigenvalue weighted by atomic mass is 16.2. The summed E-state index contributed by atoms with van der Waals surface area (Å²) in [6, 6.07) is 20.4. The average molecular weight is 549 g/mol. The van der Waals surface area contributed by atoms with E-state index in [-0.39, 0.29) is 23.6 Å². The van der Waals surface area contributed by atoms with Crippen LogP contribution < -0.4 is 5.32 Å². The van der Waals surface area contributed by atoms with E-state index >= 15 is 0 Å². The van der Waals surface area contributed by atoms with Crippen LogP contribution in [0.15, 0.2) is 72.8 Å². The summed E-state index contributed by atoms with van der Waals surface area (Å²) < 4.78 is 0. The number of nitrogens with zero attached hydrogens (tertiary/aromatic N) is 3. The number of hydrogen-bond donors (Lipinski definition) is 1. The van der Waals surface area contributed by atoms with E-state index in [1.165, 1.54) is 5.56 Å². The quantitative estimate of drug-likeness (QED) is 0.396. The number of rotatable bonds is 8. The van der Waals surface area contributed by atoms with Gasteiger partial charge in [-0.3, -0.25) is 14.4 Å². The van der Waals surface area contributed by atoms with Crippen molar-refractivity contribution in [2.24, 2.45) is 5.92 Å². The van der Waals surface area contributed by atoms with Crippen molar-refractivity contribution >= 4 is 23.4 Å². The van der Waals surface area contributed by atoms with Crippen molar-refractivity contribution in [3.05, 3.63) is 112 Å². The van der Waals surface area contributed by atoms with Gasteiger partial charge in [-0.15, -0.1) is 0 Å². The fourth-order valence-electron chi connectivity index (χ4n) is 5.93. The topological polar surface area (TPSA) is 74.1 Å². The lowest BCUT2D eigenvalue weighted by molar-refractivity contribution is -0.168. The number of nitrogens with one attached hydrogen (secondary N) is 1. The van der Waals surface area contributed by atoms with E-state index in [0.29, 0.717) is 43.6 Å². The first-order valence-electron chi connectivity index (χ1n) is 14.3. The minimum Gasteiger partial charge on any atom is -0.354 e. The van der Waals surface area contributed by atoms with Gasteiger partial charge in [-0.05, 0) is 47.9 Å². The molecule has 1 N–H and O–H groups in total. The SMILES string of the molecule is [C-]#[N+]c1ccc(C(C(=O)NCCc2ccc(C)cc2)N2C(=O)[C@@H]3Cc4ccccc4CN3C(=O)[C@@H]2CC(C)C)cc1. The highest BCUT2D eigenvalue weighted by molar-refractivity contribution is 6.00. The van der Waals surface area contributed by atoms with Crippen molar-refractivity contribution < 1.29 is 14.4 Å². The molecule has 7 heteroatoms. The molecule has 1 unspecified atom stereocenters. The Hall–Kier alpha value is -4.44. The molecule has 2 aliphatic heterocycles. The molecule has 0 aliphatic carbocycles. The van der Waals surface area contributed by atoms with Crippen LogP contribution >= 0.6 is 0 Å². The predicted molar refractivity (Wildman–Crippen MR) is 158 cm³/mol. The maximum atomic E-state index is 14.4. The summed E-state index contributed by atoms with van der Waals surface area (Å²) in [4.78, 5) is 49.2. The van der Waals surface area contributed by atoms with Crippen LogP contribution in [-0.4, -0.2) is 46.1 Å². The van der Waals surface area contributed by atoms with Gasteiger partial charge in [0, 0.05) is 19.5 Å². The summed E-state index contributed by atoms with van der Waals surface area (Å²) in [7, 11) is 0. The molecular formula is C34H36N4O3. The number of benzene rings is 3. The van der Waals surface area contributed by atoms with E-state index in [1.807, 2.05) is 69.3 Å². The van der Waals surface area contributed by atoms with Crippen LogP contribution in [0.3, 0.4) is 0 Å². The second-order valence-corrected chi connectivity index (χ2v) is 11.5. The molecule has 0 radical (unpaired) electrons. The van der Waals surface area contributed by atoms with E-state index in [9.17, 15) is 14.4 Å². The second kappa shape index (κ2) is 12.0. The monoisotopic (exact) mass is 548 g/mol. The van der Waals surface area contributed by atoms with Gasteiger partial charge < -0.3 is 15.1 Å². The number of aryl methyl sites for hydroxylation is 1. The van der Waals surface area contributed by atoms with Crippen LogP contribution in [0.2, 0.25) is 0 Å². The van der Waals surface area contributed by atoms with Crippen molar-refractivity contribution in [1.29, 1.82) is 0 Å². The molecule has 3 atom stereocenters. The number of hydrogen-bond acceptors (Lipinski definition) is 3.